The molecule has 0 atom stereocenters. The number of carbonyl (C=O) groups excluding carboxylic acids is 1. The van der Waals surface area contributed by atoms with Gasteiger partial charge in [-0.2, -0.15) is 10.2 Å². The van der Waals surface area contributed by atoms with Crippen LogP contribution in [0.4, 0.5) is 0 Å². The Morgan fingerprint density at radius 2 is 2.58 bits per heavy atom. The average Bonchev–Trinajstić information content (AvgIpc) is 2.06. The second-order valence-corrected chi connectivity index (χ2v) is 2.48. The van der Waals surface area contributed by atoms with Crippen molar-refractivity contribution in [1.82, 2.24) is 0 Å². The lowest BCUT2D eigenvalue weighted by Gasteiger charge is -2.05. The molecule has 12 heavy (non-hydrogen) atoms. The molecule has 4 nitrogen and oxygen atoms in total. The first kappa shape index (κ1) is 8.90. The fraction of sp³-hybridized carbons (Fsp3) is 0.625. The molecule has 0 aromatic heterocycles. The van der Waals surface area contributed by atoms with Gasteiger partial charge in [-0.15, -0.1) is 0 Å². The summed E-state index contributed by atoms with van der Waals surface area (Å²) in [6.45, 7) is 2.22. The summed E-state index contributed by atoms with van der Waals surface area (Å²) in [5.74, 6) is -0.214. The van der Waals surface area contributed by atoms with Gasteiger partial charge >= 0.3 is 5.97 Å². The summed E-state index contributed by atoms with van der Waals surface area (Å²) in [5, 5.41) is 7.56. The van der Waals surface area contributed by atoms with E-state index in [0.29, 0.717) is 6.61 Å². The summed E-state index contributed by atoms with van der Waals surface area (Å²) in [6.07, 6.45) is 3.72. The van der Waals surface area contributed by atoms with Crippen LogP contribution in [0.3, 0.4) is 0 Å². The molecule has 0 aromatic rings. The van der Waals surface area contributed by atoms with Crippen molar-refractivity contribution in [2.24, 2.45) is 10.2 Å². The predicted molar refractivity (Wildman–Crippen MR) is 46.4 cm³/mol. The molecule has 1 heterocycles. The minimum Gasteiger partial charge on any atom is -0.466 e. The Morgan fingerprint density at radius 3 is 3.17 bits per heavy atom. The van der Waals surface area contributed by atoms with Crippen LogP contribution in [0.5, 0.6) is 0 Å². The van der Waals surface area contributed by atoms with Crippen LogP contribution in [0, 0.1) is 0 Å². The van der Waals surface area contributed by atoms with Gasteiger partial charge in [-0.25, -0.2) is 0 Å². The summed E-state index contributed by atoms with van der Waals surface area (Å²) in [7, 11) is 0. The number of ether oxygens (including phenoxy) is 1. The molecule has 0 bridgehead atoms. The van der Waals surface area contributed by atoms with Crippen molar-refractivity contribution >= 4 is 17.9 Å². The fourth-order valence-electron chi connectivity index (χ4n) is 0.964. The molecule has 0 aliphatic carbocycles. The van der Waals surface area contributed by atoms with Crippen molar-refractivity contribution in [2.75, 3.05) is 6.61 Å². The number of rotatable bonds is 3. The predicted octanol–water partition coefficient (Wildman–Crippen LogP) is 1.16. The normalized spacial score (nSPS) is 15.6. The molecule has 66 valence electrons. The third-order valence-corrected chi connectivity index (χ3v) is 1.50. The van der Waals surface area contributed by atoms with Crippen molar-refractivity contribution < 1.29 is 9.53 Å². The van der Waals surface area contributed by atoms with E-state index < -0.39 is 0 Å². The largest absolute Gasteiger partial charge is 0.466 e. The van der Waals surface area contributed by atoms with Gasteiger partial charge in [-0.3, -0.25) is 4.79 Å². The first-order valence-corrected chi connectivity index (χ1v) is 4.05. The second-order valence-electron chi connectivity index (χ2n) is 2.48. The zero-order chi connectivity index (χ0) is 8.81. The lowest BCUT2D eigenvalue weighted by atomic mass is 10.1. The highest BCUT2D eigenvalue weighted by Crippen LogP contribution is 2.03. The standard InChI is InChI=1S/C8H12N2O2/c1-2-12-8(11)6-7-4-3-5-9-10-7/h5H,2-4,6H2,1H3. The van der Waals surface area contributed by atoms with Gasteiger partial charge in [-0.1, -0.05) is 0 Å². The number of carbonyl (C=O) groups is 1. The molecule has 1 rings (SSSR count). The van der Waals surface area contributed by atoms with Gasteiger partial charge in [0.15, 0.2) is 0 Å². The molecule has 4 heteroatoms. The maximum atomic E-state index is 11.0. The van der Waals surface area contributed by atoms with Gasteiger partial charge in [0.1, 0.15) is 0 Å². The van der Waals surface area contributed by atoms with Crippen LogP contribution >= 0.6 is 0 Å². The van der Waals surface area contributed by atoms with Crippen molar-refractivity contribution in [2.45, 2.75) is 26.2 Å². The van der Waals surface area contributed by atoms with E-state index in [9.17, 15) is 4.79 Å². The molecule has 0 aromatic carbocycles. The smallest absolute Gasteiger partial charge is 0.311 e. The van der Waals surface area contributed by atoms with Gasteiger partial charge in [0, 0.05) is 6.21 Å². The summed E-state index contributed by atoms with van der Waals surface area (Å²) < 4.78 is 4.77. The quantitative estimate of drug-likeness (QED) is 0.594. The molecular formula is C8H12N2O2. The van der Waals surface area contributed by atoms with Crippen LogP contribution in [0.2, 0.25) is 0 Å². The molecular weight excluding hydrogens is 156 g/mol. The van der Waals surface area contributed by atoms with E-state index in [-0.39, 0.29) is 12.4 Å². The Kier molecular flexibility index (Phi) is 3.44. The molecule has 0 spiro atoms. The highest BCUT2D eigenvalue weighted by atomic mass is 16.5. The Morgan fingerprint density at radius 1 is 1.75 bits per heavy atom. The number of hydrogen-bond donors (Lipinski definition) is 0. The molecule has 0 unspecified atom stereocenters. The van der Waals surface area contributed by atoms with E-state index in [1.54, 1.807) is 13.1 Å². The SMILES string of the molecule is CCOC(=O)CC1=NN=CCC1. The van der Waals surface area contributed by atoms with Gasteiger partial charge in [0.2, 0.25) is 0 Å². The van der Waals surface area contributed by atoms with Crippen molar-refractivity contribution in [3.8, 4) is 0 Å². The maximum Gasteiger partial charge on any atom is 0.311 e. The van der Waals surface area contributed by atoms with E-state index in [1.165, 1.54) is 0 Å². The summed E-state index contributed by atoms with van der Waals surface area (Å²) in [6, 6.07) is 0. The highest BCUT2D eigenvalue weighted by molar-refractivity contribution is 6.00. The molecule has 0 radical (unpaired) electrons. The van der Waals surface area contributed by atoms with Crippen LogP contribution in [0.1, 0.15) is 26.2 Å². The summed E-state index contributed by atoms with van der Waals surface area (Å²) >= 11 is 0. The van der Waals surface area contributed by atoms with Gasteiger partial charge < -0.3 is 4.74 Å². The molecule has 0 fully saturated rings. The van der Waals surface area contributed by atoms with Crippen LogP contribution < -0.4 is 0 Å². The first-order valence-electron chi connectivity index (χ1n) is 4.05. The summed E-state index contributed by atoms with van der Waals surface area (Å²) in [4.78, 5) is 11.0. The zero-order valence-electron chi connectivity index (χ0n) is 7.12. The van der Waals surface area contributed by atoms with E-state index in [4.69, 9.17) is 4.74 Å². The highest BCUT2D eigenvalue weighted by Gasteiger charge is 2.09. The van der Waals surface area contributed by atoms with Gasteiger partial charge in [0.25, 0.3) is 0 Å². The monoisotopic (exact) mass is 168 g/mol. The van der Waals surface area contributed by atoms with E-state index in [2.05, 4.69) is 10.2 Å². The zero-order valence-corrected chi connectivity index (χ0v) is 7.12. The van der Waals surface area contributed by atoms with Crippen molar-refractivity contribution in [3.05, 3.63) is 0 Å². The van der Waals surface area contributed by atoms with Crippen molar-refractivity contribution in [3.63, 3.8) is 0 Å². The van der Waals surface area contributed by atoms with Crippen molar-refractivity contribution in [1.29, 1.82) is 0 Å². The van der Waals surface area contributed by atoms with Gasteiger partial charge in [0.05, 0.1) is 18.7 Å². The maximum absolute atomic E-state index is 11.0. The Labute approximate surface area is 71.3 Å². The molecule has 0 amide bonds. The van der Waals surface area contributed by atoms with E-state index in [1.807, 2.05) is 0 Å². The lowest BCUT2D eigenvalue weighted by Crippen LogP contribution is -2.12. The molecule has 1 aliphatic heterocycles. The number of nitrogens with zero attached hydrogens (tertiary/aromatic N) is 2. The average molecular weight is 168 g/mol. The number of esters is 1. The molecule has 0 saturated carbocycles. The fourth-order valence-corrected chi connectivity index (χ4v) is 0.964. The van der Waals surface area contributed by atoms with E-state index in [0.717, 1.165) is 18.6 Å². The minimum absolute atomic E-state index is 0.214. The van der Waals surface area contributed by atoms with E-state index >= 15 is 0 Å². The Hall–Kier alpha value is -1.19. The van der Waals surface area contributed by atoms with Crippen LogP contribution in [0.25, 0.3) is 0 Å². The van der Waals surface area contributed by atoms with Crippen LogP contribution in [-0.2, 0) is 9.53 Å². The lowest BCUT2D eigenvalue weighted by molar-refractivity contribution is -0.141. The second kappa shape index (κ2) is 4.64. The summed E-state index contributed by atoms with van der Waals surface area (Å²) in [5.41, 5.74) is 0.816. The van der Waals surface area contributed by atoms with Crippen LogP contribution in [-0.4, -0.2) is 24.5 Å². The molecule has 1 aliphatic rings. The van der Waals surface area contributed by atoms with Gasteiger partial charge in [-0.05, 0) is 19.8 Å². The third kappa shape index (κ3) is 2.82. The number of hydrogen-bond acceptors (Lipinski definition) is 4. The molecule has 0 N–H and O–H groups in total. The molecule has 0 saturated heterocycles. The minimum atomic E-state index is -0.214. The third-order valence-electron chi connectivity index (χ3n) is 1.50. The Balaban J connectivity index is 2.34. The topological polar surface area (TPSA) is 51.0 Å². The Bertz CT molecular complexity index is 221. The van der Waals surface area contributed by atoms with Crippen LogP contribution in [0.15, 0.2) is 10.2 Å². The first-order chi connectivity index (χ1) is 5.83.